The molecule has 1 N–H and O–H groups in total. The lowest BCUT2D eigenvalue weighted by Gasteiger charge is -2.29. The number of aryl methyl sites for hydroxylation is 1. The van der Waals surface area contributed by atoms with Crippen molar-refractivity contribution in [2.75, 3.05) is 5.32 Å². The monoisotopic (exact) mass is 363 g/mol. The number of hydrogen-bond acceptors (Lipinski definition) is 1. The first-order valence-electron chi connectivity index (χ1n) is 7.18. The zero-order valence-electron chi connectivity index (χ0n) is 12.5. The lowest BCUT2D eigenvalue weighted by Crippen LogP contribution is -2.24. The minimum Gasteiger partial charge on any atom is -0.378 e. The third-order valence-electron chi connectivity index (χ3n) is 4.33. The summed E-state index contributed by atoms with van der Waals surface area (Å²) in [5.74, 6) is 0. The quantitative estimate of drug-likeness (QED) is 0.674. The van der Waals surface area contributed by atoms with Gasteiger partial charge in [-0.15, -0.1) is 0 Å². The van der Waals surface area contributed by atoms with E-state index in [1.807, 2.05) is 6.07 Å². The summed E-state index contributed by atoms with van der Waals surface area (Å²) in [6.07, 6.45) is 1.07. The molecular formula is C18H19BrClN. The van der Waals surface area contributed by atoms with Gasteiger partial charge in [0.2, 0.25) is 0 Å². The molecule has 1 aliphatic rings. The highest BCUT2D eigenvalue weighted by Gasteiger charge is 2.39. The highest BCUT2D eigenvalue weighted by molar-refractivity contribution is 9.10. The van der Waals surface area contributed by atoms with Crippen molar-refractivity contribution in [3.8, 4) is 0 Å². The van der Waals surface area contributed by atoms with Crippen LogP contribution in [-0.4, -0.2) is 0 Å². The molecule has 0 bridgehead atoms. The molecule has 0 spiro atoms. The van der Waals surface area contributed by atoms with Gasteiger partial charge in [-0.3, -0.25) is 0 Å². The second kappa shape index (κ2) is 5.33. The smallest absolute Gasteiger partial charge is 0.0571 e. The molecule has 1 nitrogen and oxygen atoms in total. The van der Waals surface area contributed by atoms with Crippen LogP contribution in [0.1, 0.15) is 36.6 Å². The molecule has 0 aliphatic heterocycles. The van der Waals surface area contributed by atoms with Gasteiger partial charge in [-0.2, -0.15) is 0 Å². The predicted molar refractivity (Wildman–Crippen MR) is 94.2 cm³/mol. The molecule has 1 unspecified atom stereocenters. The molecule has 0 amide bonds. The predicted octanol–water partition coefficient (Wildman–Crippen LogP) is 6.15. The maximum Gasteiger partial charge on any atom is 0.0571 e. The second-order valence-electron chi connectivity index (χ2n) is 6.55. The van der Waals surface area contributed by atoms with Crippen molar-refractivity contribution in [2.24, 2.45) is 5.41 Å². The van der Waals surface area contributed by atoms with Gasteiger partial charge < -0.3 is 5.32 Å². The lowest BCUT2D eigenvalue weighted by molar-refractivity contribution is 0.337. The van der Waals surface area contributed by atoms with Crippen molar-refractivity contribution >= 4 is 33.2 Å². The summed E-state index contributed by atoms with van der Waals surface area (Å²) in [5, 5.41) is 4.50. The second-order valence-corrected chi connectivity index (χ2v) is 7.84. The fourth-order valence-corrected chi connectivity index (χ4v) is 3.69. The number of halogens is 2. The van der Waals surface area contributed by atoms with E-state index in [0.29, 0.717) is 0 Å². The van der Waals surface area contributed by atoms with E-state index >= 15 is 0 Å². The Kier molecular flexibility index (Phi) is 3.79. The number of hydrogen-bond donors (Lipinski definition) is 1. The standard InChI is InChI=1S/C18H19BrClN/c1-11-4-7-14(9-16(11)19)21-17-15-8-13(20)6-5-12(15)10-18(17,2)3/h4-9,17,21H,10H2,1-3H3. The van der Waals surface area contributed by atoms with Gasteiger partial charge in [-0.05, 0) is 59.7 Å². The number of anilines is 1. The largest absolute Gasteiger partial charge is 0.378 e. The lowest BCUT2D eigenvalue weighted by atomic mass is 9.85. The highest BCUT2D eigenvalue weighted by atomic mass is 79.9. The molecule has 1 aliphatic carbocycles. The minimum absolute atomic E-state index is 0.171. The molecule has 2 aromatic rings. The fourth-order valence-electron chi connectivity index (χ4n) is 3.13. The maximum atomic E-state index is 6.20. The van der Waals surface area contributed by atoms with Crippen molar-refractivity contribution in [3.05, 3.63) is 62.6 Å². The van der Waals surface area contributed by atoms with E-state index in [1.54, 1.807) is 0 Å². The van der Waals surface area contributed by atoms with E-state index in [0.717, 1.165) is 21.6 Å². The fraction of sp³-hybridized carbons (Fsp3) is 0.333. The van der Waals surface area contributed by atoms with Crippen LogP contribution in [0.15, 0.2) is 40.9 Å². The Hall–Kier alpha value is -0.990. The topological polar surface area (TPSA) is 12.0 Å². The molecule has 2 aromatic carbocycles. The summed E-state index contributed by atoms with van der Waals surface area (Å²) < 4.78 is 1.13. The van der Waals surface area contributed by atoms with Gasteiger partial charge in [-0.25, -0.2) is 0 Å². The SMILES string of the molecule is Cc1ccc(NC2c3cc(Cl)ccc3CC2(C)C)cc1Br. The van der Waals surface area contributed by atoms with Crippen LogP contribution in [0.3, 0.4) is 0 Å². The van der Waals surface area contributed by atoms with Crippen LogP contribution in [0.4, 0.5) is 5.69 Å². The Morgan fingerprint density at radius 2 is 1.95 bits per heavy atom. The third kappa shape index (κ3) is 2.84. The zero-order valence-corrected chi connectivity index (χ0v) is 14.8. The molecule has 0 saturated heterocycles. The number of benzene rings is 2. The van der Waals surface area contributed by atoms with Crippen LogP contribution < -0.4 is 5.32 Å². The molecular weight excluding hydrogens is 346 g/mol. The first-order valence-corrected chi connectivity index (χ1v) is 8.35. The first-order chi connectivity index (χ1) is 9.87. The summed E-state index contributed by atoms with van der Waals surface area (Å²) in [6, 6.07) is 12.9. The Morgan fingerprint density at radius 1 is 1.19 bits per heavy atom. The van der Waals surface area contributed by atoms with E-state index in [4.69, 9.17) is 11.6 Å². The highest BCUT2D eigenvalue weighted by Crippen LogP contribution is 2.47. The number of fused-ring (bicyclic) bond motifs is 1. The molecule has 21 heavy (non-hydrogen) atoms. The summed E-state index contributed by atoms with van der Waals surface area (Å²) >= 11 is 9.80. The first kappa shape index (κ1) is 14.9. The maximum absolute atomic E-state index is 6.20. The van der Waals surface area contributed by atoms with Crippen molar-refractivity contribution in [1.82, 2.24) is 0 Å². The molecule has 0 aromatic heterocycles. The summed E-state index contributed by atoms with van der Waals surface area (Å²) in [5.41, 5.74) is 5.27. The van der Waals surface area contributed by atoms with Crippen LogP contribution in [0.2, 0.25) is 5.02 Å². The van der Waals surface area contributed by atoms with Gasteiger partial charge in [0.05, 0.1) is 6.04 Å². The van der Waals surface area contributed by atoms with E-state index in [2.05, 4.69) is 72.3 Å². The molecule has 1 atom stereocenters. The van der Waals surface area contributed by atoms with Gasteiger partial charge >= 0.3 is 0 Å². The van der Waals surface area contributed by atoms with Crippen molar-refractivity contribution < 1.29 is 0 Å². The molecule has 0 radical (unpaired) electrons. The zero-order chi connectivity index (χ0) is 15.2. The normalized spacial score (nSPS) is 19.4. The van der Waals surface area contributed by atoms with Gasteiger partial charge in [-0.1, -0.05) is 53.5 Å². The van der Waals surface area contributed by atoms with Crippen LogP contribution in [-0.2, 0) is 6.42 Å². The van der Waals surface area contributed by atoms with Crippen molar-refractivity contribution in [2.45, 2.75) is 33.2 Å². The average molecular weight is 365 g/mol. The van der Waals surface area contributed by atoms with Crippen LogP contribution in [0.5, 0.6) is 0 Å². The number of nitrogens with one attached hydrogen (secondary N) is 1. The van der Waals surface area contributed by atoms with Gasteiger partial charge in [0, 0.05) is 15.2 Å². The summed E-state index contributed by atoms with van der Waals surface area (Å²) in [6.45, 7) is 6.71. The minimum atomic E-state index is 0.171. The molecule has 3 heteroatoms. The molecule has 3 rings (SSSR count). The Morgan fingerprint density at radius 3 is 2.67 bits per heavy atom. The van der Waals surface area contributed by atoms with E-state index in [-0.39, 0.29) is 11.5 Å². The van der Waals surface area contributed by atoms with Gasteiger partial charge in [0.15, 0.2) is 0 Å². The Bertz CT molecular complexity index is 694. The Labute approximate surface area is 139 Å². The van der Waals surface area contributed by atoms with Gasteiger partial charge in [0.25, 0.3) is 0 Å². The number of rotatable bonds is 2. The molecule has 110 valence electrons. The molecule has 0 fully saturated rings. The van der Waals surface area contributed by atoms with Crippen LogP contribution in [0, 0.1) is 12.3 Å². The Balaban J connectivity index is 1.97. The van der Waals surface area contributed by atoms with Gasteiger partial charge in [0.1, 0.15) is 0 Å². The van der Waals surface area contributed by atoms with E-state index in [9.17, 15) is 0 Å². The van der Waals surface area contributed by atoms with E-state index < -0.39 is 0 Å². The van der Waals surface area contributed by atoms with Crippen molar-refractivity contribution in [3.63, 3.8) is 0 Å². The average Bonchev–Trinajstić information content (AvgIpc) is 2.65. The van der Waals surface area contributed by atoms with Crippen LogP contribution in [0.25, 0.3) is 0 Å². The van der Waals surface area contributed by atoms with E-state index in [1.165, 1.54) is 16.7 Å². The molecule has 0 saturated carbocycles. The summed E-state index contributed by atoms with van der Waals surface area (Å²) in [4.78, 5) is 0. The third-order valence-corrected chi connectivity index (χ3v) is 5.42. The van der Waals surface area contributed by atoms with Crippen molar-refractivity contribution in [1.29, 1.82) is 0 Å². The molecule has 0 heterocycles. The summed E-state index contributed by atoms with van der Waals surface area (Å²) in [7, 11) is 0. The van der Waals surface area contributed by atoms with Crippen LogP contribution >= 0.6 is 27.5 Å².